The number of aromatic carboxylic acids is 1. The second-order valence-corrected chi connectivity index (χ2v) is 4.66. The number of pyridine rings is 1. The van der Waals surface area contributed by atoms with Gasteiger partial charge in [0, 0.05) is 11.7 Å². The van der Waals surface area contributed by atoms with Gasteiger partial charge in [-0.25, -0.2) is 9.78 Å². The van der Waals surface area contributed by atoms with Crippen molar-refractivity contribution in [3.63, 3.8) is 0 Å². The van der Waals surface area contributed by atoms with Crippen LogP contribution in [-0.2, 0) is 6.42 Å². The molecule has 0 radical (unpaired) electrons. The largest absolute Gasteiger partial charge is 0.478 e. The van der Waals surface area contributed by atoms with Crippen molar-refractivity contribution in [3.8, 4) is 0 Å². The predicted octanol–water partition coefficient (Wildman–Crippen LogP) is 2.55. The van der Waals surface area contributed by atoms with E-state index in [1.807, 2.05) is 6.92 Å². The number of aromatic nitrogens is 1. The number of carboxylic acid groups (broad SMARTS) is 1. The fourth-order valence-corrected chi connectivity index (χ4v) is 1.91. The van der Waals surface area contributed by atoms with Gasteiger partial charge in [-0.2, -0.15) is 0 Å². The molecule has 4 heteroatoms. The summed E-state index contributed by atoms with van der Waals surface area (Å²) in [7, 11) is 0. The summed E-state index contributed by atoms with van der Waals surface area (Å²) in [5.74, 6) is 0.501. The van der Waals surface area contributed by atoms with E-state index in [2.05, 4.69) is 17.2 Å². The molecule has 1 atom stereocenters. The van der Waals surface area contributed by atoms with Crippen molar-refractivity contribution < 1.29 is 9.90 Å². The van der Waals surface area contributed by atoms with Crippen LogP contribution in [0.15, 0.2) is 12.1 Å². The van der Waals surface area contributed by atoms with Crippen LogP contribution in [0.2, 0.25) is 0 Å². The number of hydrogen-bond donors (Lipinski definition) is 2. The molecule has 1 aliphatic rings. The first-order chi connectivity index (χ1) is 8.10. The van der Waals surface area contributed by atoms with Crippen LogP contribution in [0.5, 0.6) is 0 Å². The molecule has 1 aromatic heterocycles. The zero-order valence-electron chi connectivity index (χ0n) is 10.2. The van der Waals surface area contributed by atoms with E-state index in [9.17, 15) is 4.79 Å². The number of nitrogens with one attached hydrogen (secondary N) is 1. The van der Waals surface area contributed by atoms with Crippen molar-refractivity contribution in [1.82, 2.24) is 4.98 Å². The Hall–Kier alpha value is -1.58. The van der Waals surface area contributed by atoms with Gasteiger partial charge in [-0.05, 0) is 44.2 Å². The van der Waals surface area contributed by atoms with Crippen LogP contribution in [0.3, 0.4) is 0 Å². The van der Waals surface area contributed by atoms with Crippen LogP contribution in [0.1, 0.15) is 42.7 Å². The minimum atomic E-state index is -0.899. The van der Waals surface area contributed by atoms with Crippen molar-refractivity contribution in [1.29, 1.82) is 0 Å². The Balaban J connectivity index is 2.19. The van der Waals surface area contributed by atoms with Gasteiger partial charge in [0.2, 0.25) is 0 Å². The molecule has 0 bridgehead atoms. The number of hydrogen-bond acceptors (Lipinski definition) is 3. The fourth-order valence-electron chi connectivity index (χ4n) is 1.91. The highest BCUT2D eigenvalue weighted by molar-refractivity contribution is 5.88. The SMILES string of the molecule is CCc1cc(C(=O)O)cc(NC(C)C2CC2)n1. The minimum absolute atomic E-state index is 0.308. The van der Waals surface area contributed by atoms with Crippen LogP contribution in [-0.4, -0.2) is 22.1 Å². The topological polar surface area (TPSA) is 62.2 Å². The number of anilines is 1. The van der Waals surface area contributed by atoms with Gasteiger partial charge >= 0.3 is 5.97 Å². The van der Waals surface area contributed by atoms with Crippen LogP contribution in [0.4, 0.5) is 5.82 Å². The van der Waals surface area contributed by atoms with E-state index in [-0.39, 0.29) is 0 Å². The lowest BCUT2D eigenvalue weighted by atomic mass is 10.1. The lowest BCUT2D eigenvalue weighted by Crippen LogP contribution is -2.19. The number of rotatable bonds is 5. The summed E-state index contributed by atoms with van der Waals surface area (Å²) in [6.07, 6.45) is 3.26. The first kappa shape index (κ1) is 11.9. The van der Waals surface area contributed by atoms with Gasteiger partial charge in [0.05, 0.1) is 5.56 Å². The predicted molar refractivity (Wildman–Crippen MR) is 66.4 cm³/mol. The molecular weight excluding hydrogens is 216 g/mol. The summed E-state index contributed by atoms with van der Waals surface area (Å²) in [4.78, 5) is 15.4. The van der Waals surface area contributed by atoms with E-state index in [0.29, 0.717) is 17.4 Å². The summed E-state index contributed by atoms with van der Waals surface area (Å²) in [5, 5.41) is 12.3. The number of carbonyl (C=O) groups is 1. The fraction of sp³-hybridized carbons (Fsp3) is 0.538. The van der Waals surface area contributed by atoms with Crippen molar-refractivity contribution in [3.05, 3.63) is 23.4 Å². The average molecular weight is 234 g/mol. The van der Waals surface area contributed by atoms with E-state index >= 15 is 0 Å². The maximum absolute atomic E-state index is 11.0. The molecule has 1 aliphatic carbocycles. The molecule has 0 amide bonds. The van der Waals surface area contributed by atoms with Gasteiger partial charge in [0.1, 0.15) is 5.82 Å². The molecule has 0 spiro atoms. The second-order valence-electron chi connectivity index (χ2n) is 4.66. The molecule has 1 unspecified atom stereocenters. The third-order valence-electron chi connectivity index (χ3n) is 3.19. The molecule has 2 rings (SSSR count). The first-order valence-corrected chi connectivity index (χ1v) is 6.11. The average Bonchev–Trinajstić information content (AvgIpc) is 3.12. The summed E-state index contributed by atoms with van der Waals surface area (Å²) in [6, 6.07) is 3.62. The Morgan fingerprint density at radius 3 is 2.82 bits per heavy atom. The van der Waals surface area contributed by atoms with Crippen LogP contribution in [0, 0.1) is 5.92 Å². The smallest absolute Gasteiger partial charge is 0.335 e. The highest BCUT2D eigenvalue weighted by Crippen LogP contribution is 2.33. The van der Waals surface area contributed by atoms with E-state index in [0.717, 1.165) is 18.0 Å². The molecule has 0 aliphatic heterocycles. The van der Waals surface area contributed by atoms with Gasteiger partial charge in [0.15, 0.2) is 0 Å². The monoisotopic (exact) mass is 234 g/mol. The quantitative estimate of drug-likeness (QED) is 0.822. The number of aryl methyl sites for hydroxylation is 1. The normalized spacial score (nSPS) is 16.6. The Kier molecular flexibility index (Phi) is 3.31. The molecule has 1 fully saturated rings. The Bertz CT molecular complexity index is 427. The summed E-state index contributed by atoms with van der Waals surface area (Å²) >= 11 is 0. The van der Waals surface area contributed by atoms with E-state index in [4.69, 9.17) is 5.11 Å². The summed E-state index contributed by atoms with van der Waals surface area (Å²) < 4.78 is 0. The zero-order chi connectivity index (χ0) is 12.4. The van der Waals surface area contributed by atoms with E-state index < -0.39 is 5.97 Å². The van der Waals surface area contributed by atoms with E-state index in [1.165, 1.54) is 12.8 Å². The molecule has 1 heterocycles. The highest BCUT2D eigenvalue weighted by Gasteiger charge is 2.28. The molecule has 1 aromatic rings. The van der Waals surface area contributed by atoms with Crippen LogP contribution in [0.25, 0.3) is 0 Å². The number of nitrogens with zero attached hydrogens (tertiary/aromatic N) is 1. The first-order valence-electron chi connectivity index (χ1n) is 6.11. The Morgan fingerprint density at radius 2 is 2.29 bits per heavy atom. The Labute approximate surface area is 101 Å². The maximum Gasteiger partial charge on any atom is 0.335 e. The molecule has 92 valence electrons. The highest BCUT2D eigenvalue weighted by atomic mass is 16.4. The third-order valence-corrected chi connectivity index (χ3v) is 3.19. The lowest BCUT2D eigenvalue weighted by molar-refractivity contribution is 0.0696. The third kappa shape index (κ3) is 2.96. The molecule has 4 nitrogen and oxygen atoms in total. The van der Waals surface area contributed by atoms with Crippen molar-refractivity contribution in [2.75, 3.05) is 5.32 Å². The Morgan fingerprint density at radius 1 is 1.59 bits per heavy atom. The molecule has 17 heavy (non-hydrogen) atoms. The zero-order valence-corrected chi connectivity index (χ0v) is 10.2. The molecule has 0 saturated heterocycles. The molecule has 0 aromatic carbocycles. The number of carboxylic acids is 1. The van der Waals surface area contributed by atoms with Gasteiger partial charge in [-0.15, -0.1) is 0 Å². The van der Waals surface area contributed by atoms with Crippen molar-refractivity contribution in [2.45, 2.75) is 39.2 Å². The molecule has 1 saturated carbocycles. The summed E-state index contributed by atoms with van der Waals surface area (Å²) in [5.41, 5.74) is 1.12. The van der Waals surface area contributed by atoms with Gasteiger partial charge in [0.25, 0.3) is 0 Å². The lowest BCUT2D eigenvalue weighted by Gasteiger charge is -2.14. The van der Waals surface area contributed by atoms with Crippen LogP contribution >= 0.6 is 0 Å². The van der Waals surface area contributed by atoms with Gasteiger partial charge < -0.3 is 10.4 Å². The standard InChI is InChI=1S/C13H18N2O2/c1-3-11-6-10(13(16)17)7-12(15-11)14-8(2)9-4-5-9/h6-9H,3-5H2,1-2H3,(H,14,15)(H,16,17). The van der Waals surface area contributed by atoms with Gasteiger partial charge in [-0.1, -0.05) is 6.92 Å². The second kappa shape index (κ2) is 4.73. The molecular formula is C13H18N2O2. The minimum Gasteiger partial charge on any atom is -0.478 e. The van der Waals surface area contributed by atoms with Crippen molar-refractivity contribution >= 4 is 11.8 Å². The van der Waals surface area contributed by atoms with Gasteiger partial charge in [-0.3, -0.25) is 0 Å². The van der Waals surface area contributed by atoms with Crippen LogP contribution < -0.4 is 5.32 Å². The van der Waals surface area contributed by atoms with Crippen molar-refractivity contribution in [2.24, 2.45) is 5.92 Å². The van der Waals surface area contributed by atoms with E-state index in [1.54, 1.807) is 12.1 Å². The maximum atomic E-state index is 11.0. The summed E-state index contributed by atoms with van der Waals surface area (Å²) in [6.45, 7) is 4.10. The molecule has 2 N–H and O–H groups in total.